The molecule has 128 valence electrons. The van der Waals surface area contributed by atoms with E-state index in [1.165, 1.54) is 4.31 Å². The zero-order valence-corrected chi connectivity index (χ0v) is 14.5. The van der Waals surface area contributed by atoms with Gasteiger partial charge in [0.2, 0.25) is 15.9 Å². The lowest BCUT2D eigenvalue weighted by atomic mass is 10.0. The number of nitrogens with zero attached hydrogens (tertiary/aromatic N) is 3. The summed E-state index contributed by atoms with van der Waals surface area (Å²) in [7, 11) is -1.81. The lowest BCUT2D eigenvalue weighted by Crippen LogP contribution is -2.30. The minimum atomic E-state index is -3.60. The molecule has 0 unspecified atom stereocenters. The van der Waals surface area contributed by atoms with E-state index in [1.54, 1.807) is 42.3 Å². The molecule has 8 heteroatoms. The van der Waals surface area contributed by atoms with Crippen LogP contribution in [0.5, 0.6) is 0 Å². The highest BCUT2D eigenvalue weighted by Crippen LogP contribution is 2.27. The second-order valence-electron chi connectivity index (χ2n) is 5.82. The highest BCUT2D eigenvalue weighted by atomic mass is 32.2. The smallest absolute Gasteiger partial charge is 0.243 e. The number of hydrogen-bond acceptors (Lipinski definition) is 4. The Labute approximate surface area is 141 Å². The van der Waals surface area contributed by atoms with Crippen LogP contribution in [0.1, 0.15) is 24.5 Å². The average molecular weight is 348 g/mol. The molecule has 1 aromatic carbocycles. The molecule has 0 aliphatic carbocycles. The van der Waals surface area contributed by atoms with Gasteiger partial charge in [-0.25, -0.2) is 8.42 Å². The van der Waals surface area contributed by atoms with Gasteiger partial charge < -0.3 is 5.32 Å². The third kappa shape index (κ3) is 3.20. The third-order valence-electron chi connectivity index (χ3n) is 4.08. The van der Waals surface area contributed by atoms with Crippen molar-refractivity contribution in [1.82, 2.24) is 14.1 Å². The van der Waals surface area contributed by atoms with E-state index in [9.17, 15) is 13.2 Å². The fourth-order valence-electron chi connectivity index (χ4n) is 2.79. The number of carbonyl (C=O) groups excluding carboxylic acids is 1. The Morgan fingerprint density at radius 2 is 2.12 bits per heavy atom. The number of anilines is 1. The van der Waals surface area contributed by atoms with Crippen molar-refractivity contribution in [2.75, 3.05) is 11.9 Å². The van der Waals surface area contributed by atoms with Gasteiger partial charge >= 0.3 is 0 Å². The number of benzene rings is 1. The summed E-state index contributed by atoms with van der Waals surface area (Å²) in [6.45, 7) is 2.46. The van der Waals surface area contributed by atoms with Crippen LogP contribution in [-0.4, -0.2) is 35.0 Å². The van der Waals surface area contributed by atoms with Gasteiger partial charge in [-0.05, 0) is 30.2 Å². The van der Waals surface area contributed by atoms with Gasteiger partial charge in [0.05, 0.1) is 11.1 Å². The van der Waals surface area contributed by atoms with E-state index in [1.807, 2.05) is 6.92 Å². The Morgan fingerprint density at radius 3 is 2.79 bits per heavy atom. The number of carbonyl (C=O) groups is 1. The maximum Gasteiger partial charge on any atom is 0.243 e. The van der Waals surface area contributed by atoms with E-state index in [-0.39, 0.29) is 17.3 Å². The van der Waals surface area contributed by atoms with E-state index in [2.05, 4.69) is 10.4 Å². The molecule has 2 heterocycles. The molecule has 0 saturated heterocycles. The molecule has 1 aliphatic rings. The molecule has 3 rings (SSSR count). The van der Waals surface area contributed by atoms with Gasteiger partial charge in [-0.3, -0.25) is 9.48 Å². The van der Waals surface area contributed by atoms with Crippen LogP contribution in [-0.2, 0) is 34.8 Å². The Morgan fingerprint density at radius 1 is 1.33 bits per heavy atom. The summed E-state index contributed by atoms with van der Waals surface area (Å²) in [4.78, 5) is 11.7. The molecule has 2 aromatic rings. The number of hydrogen-bond donors (Lipinski definition) is 1. The highest BCUT2D eigenvalue weighted by Gasteiger charge is 2.25. The highest BCUT2D eigenvalue weighted by molar-refractivity contribution is 7.89. The first-order valence-corrected chi connectivity index (χ1v) is 9.24. The van der Waals surface area contributed by atoms with Crippen LogP contribution in [0.2, 0.25) is 0 Å². The van der Waals surface area contributed by atoms with E-state index in [0.29, 0.717) is 25.1 Å². The van der Waals surface area contributed by atoms with Crippen molar-refractivity contribution in [3.05, 3.63) is 41.7 Å². The Hall–Kier alpha value is -2.19. The Kier molecular flexibility index (Phi) is 4.42. The van der Waals surface area contributed by atoms with Crippen molar-refractivity contribution in [1.29, 1.82) is 0 Å². The molecule has 0 radical (unpaired) electrons. The SMILES string of the molecule is CCN(Cc1cnn(C)c1)S(=O)(=O)c1ccc2c(c1)CCC(=O)N2. The number of nitrogens with one attached hydrogen (secondary N) is 1. The van der Waals surface area contributed by atoms with Gasteiger partial charge in [0.15, 0.2) is 0 Å². The maximum atomic E-state index is 12.9. The number of aryl methyl sites for hydroxylation is 2. The van der Waals surface area contributed by atoms with Gasteiger partial charge in [0.1, 0.15) is 0 Å². The van der Waals surface area contributed by atoms with E-state index >= 15 is 0 Å². The summed E-state index contributed by atoms with van der Waals surface area (Å²) in [5, 5.41) is 6.84. The van der Waals surface area contributed by atoms with E-state index in [4.69, 9.17) is 0 Å². The fraction of sp³-hybridized carbons (Fsp3) is 0.375. The van der Waals surface area contributed by atoms with Crippen molar-refractivity contribution in [3.8, 4) is 0 Å². The lowest BCUT2D eigenvalue weighted by molar-refractivity contribution is -0.116. The molecule has 0 spiro atoms. The standard InChI is InChI=1S/C16H20N4O3S/c1-3-20(11-12-9-17-19(2)10-12)24(22,23)14-5-6-15-13(8-14)4-7-16(21)18-15/h5-6,8-10H,3-4,7,11H2,1-2H3,(H,18,21). The van der Waals surface area contributed by atoms with Gasteiger partial charge in [0.25, 0.3) is 0 Å². The summed E-state index contributed by atoms with van der Waals surface area (Å²) < 4.78 is 28.9. The molecular formula is C16H20N4O3S. The van der Waals surface area contributed by atoms with Crippen LogP contribution in [0.4, 0.5) is 5.69 Å². The van der Waals surface area contributed by atoms with Crippen LogP contribution < -0.4 is 5.32 Å². The zero-order chi connectivity index (χ0) is 17.3. The monoisotopic (exact) mass is 348 g/mol. The molecule has 1 aliphatic heterocycles. The van der Waals surface area contributed by atoms with Gasteiger partial charge in [-0.15, -0.1) is 0 Å². The summed E-state index contributed by atoms with van der Waals surface area (Å²) in [5.74, 6) is -0.0372. The van der Waals surface area contributed by atoms with Crippen molar-refractivity contribution in [2.45, 2.75) is 31.2 Å². The van der Waals surface area contributed by atoms with Gasteiger partial charge in [0, 0.05) is 44.0 Å². The molecule has 24 heavy (non-hydrogen) atoms. The second-order valence-corrected chi connectivity index (χ2v) is 7.76. The van der Waals surface area contributed by atoms with Crippen LogP contribution in [0, 0.1) is 0 Å². The first-order chi connectivity index (χ1) is 11.4. The number of amides is 1. The van der Waals surface area contributed by atoms with Crippen molar-refractivity contribution in [3.63, 3.8) is 0 Å². The van der Waals surface area contributed by atoms with Gasteiger partial charge in [-0.1, -0.05) is 6.92 Å². The van der Waals surface area contributed by atoms with Crippen LogP contribution in [0.15, 0.2) is 35.5 Å². The minimum Gasteiger partial charge on any atom is -0.326 e. The summed E-state index contributed by atoms with van der Waals surface area (Å²) >= 11 is 0. The molecule has 0 saturated carbocycles. The van der Waals surface area contributed by atoms with Crippen LogP contribution >= 0.6 is 0 Å². The number of rotatable bonds is 5. The predicted molar refractivity (Wildman–Crippen MR) is 89.9 cm³/mol. The first-order valence-electron chi connectivity index (χ1n) is 7.80. The summed E-state index contributed by atoms with van der Waals surface area (Å²) in [5.41, 5.74) is 2.39. The molecule has 0 bridgehead atoms. The molecule has 0 atom stereocenters. The third-order valence-corrected chi connectivity index (χ3v) is 6.00. The van der Waals surface area contributed by atoms with E-state index in [0.717, 1.165) is 11.1 Å². The van der Waals surface area contributed by atoms with Crippen molar-refractivity contribution < 1.29 is 13.2 Å². The number of sulfonamides is 1. The fourth-order valence-corrected chi connectivity index (χ4v) is 4.28. The Bertz CT molecular complexity index is 873. The number of fused-ring (bicyclic) bond motifs is 1. The molecular weight excluding hydrogens is 328 g/mol. The quantitative estimate of drug-likeness (QED) is 0.888. The molecule has 1 amide bonds. The zero-order valence-electron chi connectivity index (χ0n) is 13.7. The summed E-state index contributed by atoms with van der Waals surface area (Å²) in [6, 6.07) is 4.87. The average Bonchev–Trinajstić information content (AvgIpc) is 2.97. The van der Waals surface area contributed by atoms with Crippen LogP contribution in [0.25, 0.3) is 0 Å². The van der Waals surface area contributed by atoms with Crippen molar-refractivity contribution >= 4 is 21.6 Å². The van der Waals surface area contributed by atoms with Gasteiger partial charge in [-0.2, -0.15) is 9.40 Å². The number of aromatic nitrogens is 2. The molecule has 1 N–H and O–H groups in total. The maximum absolute atomic E-state index is 12.9. The molecule has 7 nitrogen and oxygen atoms in total. The summed E-state index contributed by atoms with van der Waals surface area (Å²) in [6.07, 6.45) is 4.41. The predicted octanol–water partition coefficient (Wildman–Crippen LogP) is 1.52. The van der Waals surface area contributed by atoms with E-state index < -0.39 is 10.0 Å². The minimum absolute atomic E-state index is 0.0372. The first kappa shape index (κ1) is 16.7. The van der Waals surface area contributed by atoms with Crippen LogP contribution in [0.3, 0.4) is 0 Å². The normalized spacial score (nSPS) is 14.5. The van der Waals surface area contributed by atoms with Crippen molar-refractivity contribution in [2.24, 2.45) is 7.05 Å². The topological polar surface area (TPSA) is 84.3 Å². The largest absolute Gasteiger partial charge is 0.326 e. The Balaban J connectivity index is 1.89. The molecule has 1 aromatic heterocycles. The lowest BCUT2D eigenvalue weighted by Gasteiger charge is -2.22. The molecule has 0 fully saturated rings. The second kappa shape index (κ2) is 6.37.